The molecule has 2 aromatic rings. The van der Waals surface area contributed by atoms with Crippen molar-refractivity contribution in [3.63, 3.8) is 0 Å². The zero-order valence-electron chi connectivity index (χ0n) is 13.9. The molecule has 1 aliphatic heterocycles. The minimum Gasteiger partial charge on any atom is -0.508 e. The van der Waals surface area contributed by atoms with Gasteiger partial charge in [0.2, 0.25) is 0 Å². The van der Waals surface area contributed by atoms with Crippen LogP contribution in [-0.4, -0.2) is 28.8 Å². The van der Waals surface area contributed by atoms with E-state index in [1.54, 1.807) is 13.1 Å². The molecule has 5 heteroatoms. The van der Waals surface area contributed by atoms with Crippen LogP contribution in [0.3, 0.4) is 0 Å². The molecular weight excluding hydrogens is 318 g/mol. The zero-order chi connectivity index (χ0) is 17.4. The second kappa shape index (κ2) is 6.24. The standard InChI is InChI=1S/C20H19NO4/c1-2-24-20(23)14-11-13(15-8-5-6-10-21-15)17-12-7-3-4-9-16(12)25-19(17)18(14)22/h3-10,13,17,19,22H,2,11H2,1H3/t13-,17-,19-/m1/s1. The first-order valence-corrected chi connectivity index (χ1v) is 8.46. The van der Waals surface area contributed by atoms with Crippen LogP contribution in [0.4, 0.5) is 0 Å². The molecule has 0 spiro atoms. The van der Waals surface area contributed by atoms with E-state index >= 15 is 0 Å². The van der Waals surface area contributed by atoms with Crippen molar-refractivity contribution in [1.82, 2.24) is 4.98 Å². The first-order chi connectivity index (χ1) is 12.2. The Bertz CT molecular complexity index is 831. The quantitative estimate of drug-likeness (QED) is 0.868. The molecular formula is C20H19NO4. The van der Waals surface area contributed by atoms with Crippen LogP contribution in [0.1, 0.15) is 36.4 Å². The Morgan fingerprint density at radius 3 is 2.84 bits per heavy atom. The molecule has 1 aromatic heterocycles. The van der Waals surface area contributed by atoms with Crippen molar-refractivity contribution in [3.8, 4) is 5.75 Å². The molecule has 0 radical (unpaired) electrons. The maximum Gasteiger partial charge on any atom is 0.337 e. The highest BCUT2D eigenvalue weighted by Crippen LogP contribution is 2.53. The molecule has 2 aliphatic rings. The molecule has 0 fully saturated rings. The lowest BCUT2D eigenvalue weighted by atomic mass is 9.72. The number of esters is 1. The summed E-state index contributed by atoms with van der Waals surface area (Å²) < 4.78 is 11.1. The van der Waals surface area contributed by atoms with Gasteiger partial charge in [0.05, 0.1) is 12.2 Å². The van der Waals surface area contributed by atoms with E-state index in [0.717, 1.165) is 17.0 Å². The second-order valence-corrected chi connectivity index (χ2v) is 6.25. The molecule has 0 bridgehead atoms. The van der Waals surface area contributed by atoms with Gasteiger partial charge in [-0.2, -0.15) is 0 Å². The second-order valence-electron chi connectivity index (χ2n) is 6.25. The van der Waals surface area contributed by atoms with Gasteiger partial charge in [0, 0.05) is 29.3 Å². The molecule has 3 atom stereocenters. The van der Waals surface area contributed by atoms with E-state index < -0.39 is 12.1 Å². The van der Waals surface area contributed by atoms with E-state index in [0.29, 0.717) is 6.42 Å². The Balaban J connectivity index is 1.82. The van der Waals surface area contributed by atoms with Gasteiger partial charge < -0.3 is 14.6 Å². The summed E-state index contributed by atoms with van der Waals surface area (Å²) in [5, 5.41) is 10.7. The summed E-state index contributed by atoms with van der Waals surface area (Å²) in [6.45, 7) is 2.01. The summed E-state index contributed by atoms with van der Waals surface area (Å²) in [6, 6.07) is 13.5. The van der Waals surface area contributed by atoms with Crippen LogP contribution in [0.15, 0.2) is 60.0 Å². The topological polar surface area (TPSA) is 68.7 Å². The van der Waals surface area contributed by atoms with Crippen molar-refractivity contribution in [3.05, 3.63) is 71.3 Å². The van der Waals surface area contributed by atoms with E-state index in [1.165, 1.54) is 0 Å². The van der Waals surface area contributed by atoms with Gasteiger partial charge in [-0.1, -0.05) is 24.3 Å². The van der Waals surface area contributed by atoms with Crippen LogP contribution in [0.25, 0.3) is 0 Å². The Morgan fingerprint density at radius 2 is 2.08 bits per heavy atom. The number of nitrogens with zero attached hydrogens (tertiary/aromatic N) is 1. The number of benzene rings is 1. The number of aliphatic hydroxyl groups is 1. The monoisotopic (exact) mass is 337 g/mol. The molecule has 0 saturated carbocycles. The minimum atomic E-state index is -0.586. The number of pyridine rings is 1. The van der Waals surface area contributed by atoms with Gasteiger partial charge >= 0.3 is 5.97 Å². The molecule has 4 rings (SSSR count). The molecule has 1 aliphatic carbocycles. The lowest BCUT2D eigenvalue weighted by Gasteiger charge is -2.33. The summed E-state index contributed by atoms with van der Waals surface area (Å²) in [5.41, 5.74) is 2.20. The smallest absolute Gasteiger partial charge is 0.337 e. The molecule has 0 unspecified atom stereocenters. The average Bonchev–Trinajstić information content (AvgIpc) is 3.03. The third-order valence-corrected chi connectivity index (χ3v) is 4.88. The van der Waals surface area contributed by atoms with Gasteiger partial charge in [-0.05, 0) is 31.5 Å². The van der Waals surface area contributed by atoms with Crippen molar-refractivity contribution in [2.45, 2.75) is 31.3 Å². The highest BCUT2D eigenvalue weighted by Gasteiger charge is 2.48. The van der Waals surface area contributed by atoms with Crippen LogP contribution >= 0.6 is 0 Å². The van der Waals surface area contributed by atoms with Crippen molar-refractivity contribution >= 4 is 5.97 Å². The van der Waals surface area contributed by atoms with Crippen LogP contribution in [0.2, 0.25) is 0 Å². The zero-order valence-corrected chi connectivity index (χ0v) is 13.9. The third-order valence-electron chi connectivity index (χ3n) is 4.88. The summed E-state index contributed by atoms with van der Waals surface area (Å²) in [4.78, 5) is 16.8. The maximum absolute atomic E-state index is 12.3. The predicted octanol–water partition coefficient (Wildman–Crippen LogP) is 3.49. The van der Waals surface area contributed by atoms with Crippen molar-refractivity contribution in [1.29, 1.82) is 0 Å². The molecule has 25 heavy (non-hydrogen) atoms. The Hall–Kier alpha value is -2.82. The number of carbonyl (C=O) groups excluding carboxylic acids is 1. The van der Waals surface area contributed by atoms with E-state index in [9.17, 15) is 9.90 Å². The van der Waals surface area contributed by atoms with E-state index in [-0.39, 0.29) is 29.8 Å². The van der Waals surface area contributed by atoms with E-state index in [2.05, 4.69) is 4.98 Å². The average molecular weight is 337 g/mol. The molecule has 128 valence electrons. The van der Waals surface area contributed by atoms with Gasteiger partial charge in [-0.15, -0.1) is 0 Å². The Labute approximate surface area is 145 Å². The van der Waals surface area contributed by atoms with Gasteiger partial charge in [-0.3, -0.25) is 4.98 Å². The SMILES string of the molecule is CCOC(=O)C1=C(O)[C@@H]2Oc3ccccc3[C@@H]2[C@@H](c2ccccn2)C1. The highest BCUT2D eigenvalue weighted by molar-refractivity contribution is 5.90. The lowest BCUT2D eigenvalue weighted by Crippen LogP contribution is -2.34. The largest absolute Gasteiger partial charge is 0.508 e. The normalized spacial score (nSPS) is 24.3. The Kier molecular flexibility index (Phi) is 3.92. The highest BCUT2D eigenvalue weighted by atomic mass is 16.5. The minimum absolute atomic E-state index is 0.0215. The molecule has 0 amide bonds. The number of aliphatic hydroxyl groups excluding tert-OH is 1. The number of aromatic nitrogens is 1. The van der Waals surface area contributed by atoms with Crippen molar-refractivity contribution in [2.24, 2.45) is 0 Å². The fourth-order valence-corrected chi connectivity index (χ4v) is 3.80. The molecule has 1 aromatic carbocycles. The van der Waals surface area contributed by atoms with Crippen molar-refractivity contribution < 1.29 is 19.4 Å². The van der Waals surface area contributed by atoms with Gasteiger partial charge in [0.1, 0.15) is 11.5 Å². The lowest BCUT2D eigenvalue weighted by molar-refractivity contribution is -0.139. The number of ether oxygens (including phenoxy) is 2. The summed E-state index contributed by atoms with van der Waals surface area (Å²) in [7, 11) is 0. The number of carbonyl (C=O) groups is 1. The summed E-state index contributed by atoms with van der Waals surface area (Å²) in [5.74, 6) is 0.0929. The predicted molar refractivity (Wildman–Crippen MR) is 91.5 cm³/mol. The first-order valence-electron chi connectivity index (χ1n) is 8.46. The summed E-state index contributed by atoms with van der Waals surface area (Å²) >= 11 is 0. The van der Waals surface area contributed by atoms with Crippen LogP contribution < -0.4 is 4.74 Å². The van der Waals surface area contributed by atoms with Gasteiger partial charge in [0.15, 0.2) is 6.10 Å². The number of para-hydroxylation sites is 1. The number of hydrogen-bond donors (Lipinski definition) is 1. The maximum atomic E-state index is 12.3. The van der Waals surface area contributed by atoms with E-state index in [1.807, 2.05) is 42.5 Å². The number of fused-ring (bicyclic) bond motifs is 3. The fraction of sp³-hybridized carbons (Fsp3) is 0.300. The van der Waals surface area contributed by atoms with E-state index in [4.69, 9.17) is 9.47 Å². The van der Waals surface area contributed by atoms with Crippen molar-refractivity contribution in [2.75, 3.05) is 6.61 Å². The van der Waals surface area contributed by atoms with Crippen LogP contribution in [-0.2, 0) is 9.53 Å². The Morgan fingerprint density at radius 1 is 1.28 bits per heavy atom. The summed E-state index contributed by atoms with van der Waals surface area (Å²) in [6.07, 6.45) is 1.53. The van der Waals surface area contributed by atoms with Gasteiger partial charge in [-0.25, -0.2) is 4.79 Å². The van der Waals surface area contributed by atoms with Gasteiger partial charge in [0.25, 0.3) is 0 Å². The first kappa shape index (κ1) is 15.7. The number of hydrogen-bond acceptors (Lipinski definition) is 5. The molecule has 5 nitrogen and oxygen atoms in total. The van der Waals surface area contributed by atoms with Crippen LogP contribution in [0, 0.1) is 0 Å². The number of rotatable bonds is 3. The molecule has 1 N–H and O–H groups in total. The molecule has 2 heterocycles. The van der Waals surface area contributed by atoms with Crippen LogP contribution in [0.5, 0.6) is 5.75 Å². The fourth-order valence-electron chi connectivity index (χ4n) is 3.80. The molecule has 0 saturated heterocycles. The third kappa shape index (κ3) is 2.56.